The highest BCUT2D eigenvalue weighted by molar-refractivity contribution is 5.66. The van der Waals surface area contributed by atoms with E-state index in [-0.39, 0.29) is 0 Å². The maximum absolute atomic E-state index is 4.98. The fraction of sp³-hybridized carbons (Fsp3) is 0.320. The second kappa shape index (κ2) is 8.47. The van der Waals surface area contributed by atoms with Crippen LogP contribution >= 0.6 is 0 Å². The summed E-state index contributed by atoms with van der Waals surface area (Å²) in [6.45, 7) is 8.35. The van der Waals surface area contributed by atoms with E-state index in [4.69, 9.17) is 4.98 Å². The number of pyridine rings is 1. The Kier molecular flexibility index (Phi) is 5.38. The Hall–Kier alpha value is -3.25. The number of aryl methyl sites for hydroxylation is 1. The minimum Gasteiger partial charge on any atom is -0.353 e. The normalized spacial score (nSPS) is 16.0. The first-order valence-corrected chi connectivity index (χ1v) is 11.0. The van der Waals surface area contributed by atoms with Crippen molar-refractivity contribution in [1.82, 2.24) is 24.3 Å². The maximum Gasteiger partial charge on any atom is 0.147 e. The molecule has 3 aromatic heterocycles. The molecule has 0 N–H and O–H groups in total. The van der Waals surface area contributed by atoms with Gasteiger partial charge < -0.3 is 9.30 Å². The lowest BCUT2D eigenvalue weighted by Crippen LogP contribution is -2.48. The van der Waals surface area contributed by atoms with Gasteiger partial charge >= 0.3 is 0 Å². The lowest BCUT2D eigenvalue weighted by Gasteiger charge is -2.39. The molecule has 0 bridgehead atoms. The van der Waals surface area contributed by atoms with Gasteiger partial charge in [0.15, 0.2) is 0 Å². The molecule has 0 radical (unpaired) electrons. The van der Waals surface area contributed by atoms with E-state index in [1.165, 1.54) is 5.56 Å². The van der Waals surface area contributed by atoms with Crippen LogP contribution in [0, 0.1) is 6.92 Å². The first kappa shape index (κ1) is 19.7. The summed E-state index contributed by atoms with van der Waals surface area (Å²) in [5, 5.41) is 0. The summed E-state index contributed by atoms with van der Waals surface area (Å²) in [5.74, 6) is 0.954. The Bertz CT molecular complexity index is 1160. The standard InChI is InChI=1S/C25H28N6/c1-3-23(20-7-5-4-6-8-20)29-11-13-30(14-12-29)25-17-26-16-22(28-25)21-18-31-10-9-27-24(31)15-19(21)2/h4-10,15-18,23H,3,11-14H2,1-2H3. The molecule has 4 heterocycles. The Morgan fingerprint density at radius 3 is 2.61 bits per heavy atom. The van der Waals surface area contributed by atoms with Gasteiger partial charge in [-0.3, -0.25) is 9.88 Å². The molecule has 0 spiro atoms. The summed E-state index contributed by atoms with van der Waals surface area (Å²) < 4.78 is 2.03. The van der Waals surface area contributed by atoms with Gasteiger partial charge in [-0.15, -0.1) is 0 Å². The van der Waals surface area contributed by atoms with Crippen LogP contribution in [0.3, 0.4) is 0 Å². The van der Waals surface area contributed by atoms with E-state index in [0.717, 1.165) is 60.9 Å². The van der Waals surface area contributed by atoms with Gasteiger partial charge in [-0.05, 0) is 30.5 Å². The van der Waals surface area contributed by atoms with Crippen LogP contribution in [-0.4, -0.2) is 50.4 Å². The summed E-state index contributed by atoms with van der Waals surface area (Å²) in [6, 6.07) is 13.4. The van der Waals surface area contributed by atoms with Crippen LogP contribution in [0.15, 0.2) is 67.4 Å². The zero-order valence-corrected chi connectivity index (χ0v) is 18.1. The zero-order valence-electron chi connectivity index (χ0n) is 18.1. The molecule has 1 aliphatic rings. The van der Waals surface area contributed by atoms with E-state index in [9.17, 15) is 0 Å². The molecule has 0 aliphatic carbocycles. The van der Waals surface area contributed by atoms with Gasteiger partial charge in [-0.1, -0.05) is 37.3 Å². The van der Waals surface area contributed by atoms with Gasteiger partial charge in [-0.25, -0.2) is 9.97 Å². The molecule has 4 aromatic rings. The average Bonchev–Trinajstić information content (AvgIpc) is 3.27. The van der Waals surface area contributed by atoms with E-state index in [0.29, 0.717) is 6.04 Å². The zero-order chi connectivity index (χ0) is 21.2. The third-order valence-corrected chi connectivity index (χ3v) is 6.29. The molecule has 6 heteroatoms. The second-order valence-electron chi connectivity index (χ2n) is 8.18. The number of fused-ring (bicyclic) bond motifs is 1. The largest absolute Gasteiger partial charge is 0.353 e. The highest BCUT2D eigenvalue weighted by Crippen LogP contribution is 2.27. The Morgan fingerprint density at radius 2 is 1.84 bits per heavy atom. The molecule has 31 heavy (non-hydrogen) atoms. The van der Waals surface area contributed by atoms with Crippen LogP contribution < -0.4 is 4.90 Å². The summed E-state index contributed by atoms with van der Waals surface area (Å²) in [4.78, 5) is 18.8. The van der Waals surface area contributed by atoms with Gasteiger partial charge in [-0.2, -0.15) is 0 Å². The molecular formula is C25H28N6. The fourth-order valence-corrected chi connectivity index (χ4v) is 4.61. The third-order valence-electron chi connectivity index (χ3n) is 6.29. The Morgan fingerprint density at radius 1 is 1.03 bits per heavy atom. The molecule has 1 unspecified atom stereocenters. The number of aromatic nitrogens is 4. The van der Waals surface area contributed by atoms with E-state index in [1.54, 1.807) is 0 Å². The van der Waals surface area contributed by atoms with Crippen LogP contribution in [-0.2, 0) is 0 Å². The molecule has 1 aromatic carbocycles. The van der Waals surface area contributed by atoms with Crippen LogP contribution in [0.2, 0.25) is 0 Å². The van der Waals surface area contributed by atoms with E-state index in [2.05, 4.69) is 76.2 Å². The van der Waals surface area contributed by atoms with Gasteiger partial charge in [0.25, 0.3) is 0 Å². The number of piperazine rings is 1. The molecule has 0 amide bonds. The smallest absolute Gasteiger partial charge is 0.147 e. The van der Waals surface area contributed by atoms with Crippen molar-refractivity contribution in [2.45, 2.75) is 26.3 Å². The average molecular weight is 413 g/mol. The predicted molar refractivity (Wildman–Crippen MR) is 124 cm³/mol. The molecule has 5 rings (SSSR count). The minimum absolute atomic E-state index is 0.477. The Balaban J connectivity index is 1.33. The SMILES string of the molecule is CCC(c1ccccc1)N1CCN(c2cncc(-c3cn4ccnc4cc3C)n2)CC1. The van der Waals surface area contributed by atoms with Gasteiger partial charge in [0.1, 0.15) is 11.5 Å². The number of hydrogen-bond acceptors (Lipinski definition) is 5. The molecular weight excluding hydrogens is 384 g/mol. The molecule has 1 fully saturated rings. The minimum atomic E-state index is 0.477. The van der Waals surface area contributed by atoms with E-state index in [1.807, 2.05) is 29.2 Å². The molecule has 1 saturated heterocycles. The molecule has 0 saturated carbocycles. The number of hydrogen-bond donors (Lipinski definition) is 0. The summed E-state index contributed by atoms with van der Waals surface area (Å²) >= 11 is 0. The number of imidazole rings is 1. The van der Waals surface area contributed by atoms with Crippen molar-refractivity contribution in [2.24, 2.45) is 0 Å². The summed E-state index contributed by atoms with van der Waals surface area (Å²) in [7, 11) is 0. The monoisotopic (exact) mass is 412 g/mol. The number of anilines is 1. The van der Waals surface area contributed by atoms with Crippen molar-refractivity contribution in [3.05, 3.63) is 78.5 Å². The van der Waals surface area contributed by atoms with Gasteiger partial charge in [0.2, 0.25) is 0 Å². The topological polar surface area (TPSA) is 49.6 Å². The summed E-state index contributed by atoms with van der Waals surface area (Å²) in [5.41, 5.74) is 5.51. The van der Waals surface area contributed by atoms with Crippen molar-refractivity contribution in [3.63, 3.8) is 0 Å². The number of rotatable bonds is 5. The van der Waals surface area contributed by atoms with Gasteiger partial charge in [0, 0.05) is 56.4 Å². The van der Waals surface area contributed by atoms with Crippen molar-refractivity contribution in [2.75, 3.05) is 31.1 Å². The van der Waals surface area contributed by atoms with E-state index < -0.39 is 0 Å². The fourth-order valence-electron chi connectivity index (χ4n) is 4.61. The number of benzene rings is 1. The summed E-state index contributed by atoms with van der Waals surface area (Å²) in [6.07, 6.45) is 10.7. The third kappa shape index (κ3) is 3.91. The molecule has 1 aliphatic heterocycles. The molecule has 6 nitrogen and oxygen atoms in total. The van der Waals surface area contributed by atoms with Crippen LogP contribution in [0.4, 0.5) is 5.82 Å². The van der Waals surface area contributed by atoms with Crippen molar-refractivity contribution in [3.8, 4) is 11.3 Å². The molecule has 158 valence electrons. The van der Waals surface area contributed by atoms with Crippen LogP contribution in [0.5, 0.6) is 0 Å². The second-order valence-corrected chi connectivity index (χ2v) is 8.18. The highest BCUT2D eigenvalue weighted by atomic mass is 15.3. The number of nitrogens with zero attached hydrogens (tertiary/aromatic N) is 6. The van der Waals surface area contributed by atoms with Crippen LogP contribution in [0.25, 0.3) is 16.9 Å². The lowest BCUT2D eigenvalue weighted by molar-refractivity contribution is 0.181. The first-order chi connectivity index (χ1) is 15.2. The van der Waals surface area contributed by atoms with Crippen molar-refractivity contribution in [1.29, 1.82) is 0 Å². The Labute approximate surface area is 183 Å². The lowest BCUT2D eigenvalue weighted by atomic mass is 10.0. The van der Waals surface area contributed by atoms with Crippen LogP contribution in [0.1, 0.15) is 30.5 Å². The van der Waals surface area contributed by atoms with Crippen molar-refractivity contribution < 1.29 is 0 Å². The maximum atomic E-state index is 4.98. The van der Waals surface area contributed by atoms with Gasteiger partial charge in [0.05, 0.1) is 18.1 Å². The van der Waals surface area contributed by atoms with E-state index >= 15 is 0 Å². The highest BCUT2D eigenvalue weighted by Gasteiger charge is 2.24. The first-order valence-electron chi connectivity index (χ1n) is 11.0. The predicted octanol–water partition coefficient (Wildman–Crippen LogP) is 4.37. The quantitative estimate of drug-likeness (QED) is 0.487. The van der Waals surface area contributed by atoms with Crippen molar-refractivity contribution >= 4 is 11.5 Å². The molecule has 1 atom stereocenters.